The molecule has 0 heterocycles. The van der Waals surface area contributed by atoms with Crippen molar-refractivity contribution in [3.8, 4) is 22.3 Å². The van der Waals surface area contributed by atoms with E-state index in [9.17, 15) is 0 Å². The van der Waals surface area contributed by atoms with Crippen molar-refractivity contribution in [1.82, 2.24) is 0 Å². The Morgan fingerprint density at radius 3 is 1.13 bits per heavy atom. The van der Waals surface area contributed by atoms with Gasteiger partial charge in [-0.1, -0.05) is 125 Å². The van der Waals surface area contributed by atoms with E-state index in [1.165, 1.54) is 86.9 Å². The van der Waals surface area contributed by atoms with Crippen molar-refractivity contribution < 1.29 is 0 Å². The van der Waals surface area contributed by atoms with Crippen LogP contribution in [0.3, 0.4) is 0 Å². The summed E-state index contributed by atoms with van der Waals surface area (Å²) >= 11 is 3.87. The minimum Gasteiger partial charge on any atom is -0.0610 e. The Morgan fingerprint density at radius 1 is 0.333 bits per heavy atom. The standard InChI is InChI=1S/C38H21Br/c39-30-20-28(31-15-11-26-9-7-22-3-1-5-24-13-17-33(31)37(26)35(22)24)19-29(21-30)32-16-12-27-10-8-23-4-2-6-25-14-18-34(32)38(27)36(23)25/h1-21H. The summed E-state index contributed by atoms with van der Waals surface area (Å²) < 4.78 is 1.09. The molecular formula is C38H21Br. The zero-order valence-electron chi connectivity index (χ0n) is 21.0. The predicted molar refractivity (Wildman–Crippen MR) is 172 cm³/mol. The average molecular weight is 557 g/mol. The molecular weight excluding hydrogens is 536 g/mol. The molecule has 9 aromatic carbocycles. The molecule has 0 unspecified atom stereocenters. The Hall–Kier alpha value is -4.46. The second-order valence-corrected chi connectivity index (χ2v) is 11.6. The molecule has 0 aromatic heterocycles. The van der Waals surface area contributed by atoms with Crippen LogP contribution in [0.4, 0.5) is 0 Å². The van der Waals surface area contributed by atoms with Crippen LogP contribution in [-0.4, -0.2) is 0 Å². The van der Waals surface area contributed by atoms with E-state index in [1.807, 2.05) is 0 Å². The van der Waals surface area contributed by atoms with E-state index in [2.05, 4.69) is 143 Å². The van der Waals surface area contributed by atoms with E-state index in [-0.39, 0.29) is 0 Å². The zero-order chi connectivity index (χ0) is 25.7. The van der Waals surface area contributed by atoms with Gasteiger partial charge in [0, 0.05) is 4.47 Å². The fourth-order valence-electron chi connectivity index (χ4n) is 6.87. The molecule has 0 saturated carbocycles. The molecule has 9 aromatic rings. The third kappa shape index (κ3) is 3.00. The molecule has 39 heavy (non-hydrogen) atoms. The number of rotatable bonds is 2. The molecule has 0 bridgehead atoms. The number of halogens is 1. The maximum Gasteiger partial charge on any atom is 0.0187 e. The lowest BCUT2D eigenvalue weighted by atomic mass is 9.87. The summed E-state index contributed by atoms with van der Waals surface area (Å²) in [7, 11) is 0. The van der Waals surface area contributed by atoms with Crippen LogP contribution in [0.2, 0.25) is 0 Å². The highest BCUT2D eigenvalue weighted by Gasteiger charge is 2.15. The fourth-order valence-corrected chi connectivity index (χ4v) is 7.37. The molecule has 0 amide bonds. The Morgan fingerprint density at radius 2 is 0.692 bits per heavy atom. The van der Waals surface area contributed by atoms with E-state index < -0.39 is 0 Å². The Kier molecular flexibility index (Phi) is 4.29. The monoisotopic (exact) mass is 556 g/mol. The molecule has 9 rings (SSSR count). The van der Waals surface area contributed by atoms with Gasteiger partial charge in [-0.25, -0.2) is 0 Å². The van der Waals surface area contributed by atoms with Gasteiger partial charge in [-0.3, -0.25) is 0 Å². The smallest absolute Gasteiger partial charge is 0.0187 e. The van der Waals surface area contributed by atoms with Crippen LogP contribution in [0.15, 0.2) is 132 Å². The van der Waals surface area contributed by atoms with Gasteiger partial charge in [0.05, 0.1) is 0 Å². The summed E-state index contributed by atoms with van der Waals surface area (Å²) in [5, 5.41) is 15.8. The molecule has 0 nitrogen and oxygen atoms in total. The summed E-state index contributed by atoms with van der Waals surface area (Å²) in [5.74, 6) is 0. The third-order valence-electron chi connectivity index (χ3n) is 8.58. The predicted octanol–water partition coefficient (Wildman–Crippen LogP) is 11.6. The molecule has 0 saturated heterocycles. The van der Waals surface area contributed by atoms with E-state index in [0.717, 1.165) is 4.47 Å². The molecule has 0 radical (unpaired) electrons. The number of benzene rings is 9. The van der Waals surface area contributed by atoms with Crippen molar-refractivity contribution in [3.63, 3.8) is 0 Å². The Labute approximate surface area is 233 Å². The maximum atomic E-state index is 3.87. The first-order valence-corrected chi connectivity index (χ1v) is 14.2. The molecule has 0 spiro atoms. The van der Waals surface area contributed by atoms with Gasteiger partial charge in [-0.2, -0.15) is 0 Å². The number of hydrogen-bond acceptors (Lipinski definition) is 0. The van der Waals surface area contributed by atoms with Crippen LogP contribution in [0.5, 0.6) is 0 Å². The SMILES string of the molecule is Brc1cc(-c2ccc3ccc4cccc5ccc2c3c45)cc(-c2ccc3ccc4cccc5ccc2c3c45)c1. The second-order valence-electron chi connectivity index (χ2n) is 10.7. The van der Waals surface area contributed by atoms with Crippen LogP contribution in [0, 0.1) is 0 Å². The zero-order valence-corrected chi connectivity index (χ0v) is 22.6. The summed E-state index contributed by atoms with van der Waals surface area (Å²) in [4.78, 5) is 0. The first-order chi connectivity index (χ1) is 19.2. The van der Waals surface area contributed by atoms with Crippen LogP contribution in [-0.2, 0) is 0 Å². The van der Waals surface area contributed by atoms with Gasteiger partial charge >= 0.3 is 0 Å². The van der Waals surface area contributed by atoms with Gasteiger partial charge in [0.15, 0.2) is 0 Å². The van der Waals surface area contributed by atoms with Crippen LogP contribution >= 0.6 is 15.9 Å². The van der Waals surface area contributed by atoms with Crippen LogP contribution in [0.1, 0.15) is 0 Å². The normalized spacial score (nSPS) is 12.2. The molecule has 1 heteroatoms. The lowest BCUT2D eigenvalue weighted by Crippen LogP contribution is -1.90. The molecule has 0 aliphatic carbocycles. The summed E-state index contributed by atoms with van der Waals surface area (Å²) in [6.45, 7) is 0. The van der Waals surface area contributed by atoms with Crippen LogP contribution in [0.25, 0.3) is 86.9 Å². The Balaban J connectivity index is 1.32. The van der Waals surface area contributed by atoms with Crippen molar-refractivity contribution in [2.45, 2.75) is 0 Å². The summed E-state index contributed by atoms with van der Waals surface area (Å²) in [5.41, 5.74) is 4.98. The van der Waals surface area contributed by atoms with E-state index in [4.69, 9.17) is 0 Å². The fraction of sp³-hybridized carbons (Fsp3) is 0. The van der Waals surface area contributed by atoms with Gasteiger partial charge in [-0.05, 0) is 105 Å². The first kappa shape index (κ1) is 21.5. The Bertz CT molecular complexity index is 2200. The van der Waals surface area contributed by atoms with Crippen LogP contribution < -0.4 is 0 Å². The van der Waals surface area contributed by atoms with Crippen molar-refractivity contribution in [2.24, 2.45) is 0 Å². The molecule has 0 aliphatic rings. The minimum atomic E-state index is 1.09. The van der Waals surface area contributed by atoms with Crippen molar-refractivity contribution in [2.75, 3.05) is 0 Å². The molecule has 0 atom stereocenters. The molecule has 0 aliphatic heterocycles. The van der Waals surface area contributed by atoms with Gasteiger partial charge in [0.2, 0.25) is 0 Å². The lowest BCUT2D eigenvalue weighted by Gasteiger charge is -2.17. The van der Waals surface area contributed by atoms with E-state index in [1.54, 1.807) is 0 Å². The van der Waals surface area contributed by atoms with Gasteiger partial charge in [0.25, 0.3) is 0 Å². The lowest BCUT2D eigenvalue weighted by molar-refractivity contribution is 1.60. The van der Waals surface area contributed by atoms with Crippen molar-refractivity contribution in [3.05, 3.63) is 132 Å². The average Bonchev–Trinajstić information content (AvgIpc) is 2.98. The largest absolute Gasteiger partial charge is 0.0610 e. The highest BCUT2D eigenvalue weighted by atomic mass is 79.9. The van der Waals surface area contributed by atoms with Gasteiger partial charge < -0.3 is 0 Å². The minimum absolute atomic E-state index is 1.09. The molecule has 0 N–H and O–H groups in total. The number of hydrogen-bond donors (Lipinski definition) is 0. The molecule has 0 fully saturated rings. The van der Waals surface area contributed by atoms with Crippen molar-refractivity contribution in [1.29, 1.82) is 0 Å². The summed E-state index contributed by atoms with van der Waals surface area (Å²) in [6.07, 6.45) is 0. The maximum absolute atomic E-state index is 3.87. The van der Waals surface area contributed by atoms with Crippen molar-refractivity contribution >= 4 is 80.6 Å². The topological polar surface area (TPSA) is 0 Å². The first-order valence-electron chi connectivity index (χ1n) is 13.4. The highest BCUT2D eigenvalue weighted by Crippen LogP contribution is 2.43. The molecule has 180 valence electrons. The van der Waals surface area contributed by atoms with Gasteiger partial charge in [0.1, 0.15) is 0 Å². The quantitative estimate of drug-likeness (QED) is 0.186. The summed E-state index contributed by atoms with van der Waals surface area (Å²) in [6, 6.07) is 47.3. The van der Waals surface area contributed by atoms with Gasteiger partial charge in [-0.15, -0.1) is 0 Å². The van der Waals surface area contributed by atoms with E-state index in [0.29, 0.717) is 0 Å². The highest BCUT2D eigenvalue weighted by molar-refractivity contribution is 9.10. The third-order valence-corrected chi connectivity index (χ3v) is 9.03. The van der Waals surface area contributed by atoms with E-state index >= 15 is 0 Å². The second kappa shape index (κ2) is 7.79.